The van der Waals surface area contributed by atoms with Gasteiger partial charge in [0.2, 0.25) is 0 Å². The maximum Gasteiger partial charge on any atom is 0.0547 e. The average molecular weight is 815 g/mol. The van der Waals surface area contributed by atoms with Crippen molar-refractivity contribution in [3.8, 4) is 50.2 Å². The van der Waals surface area contributed by atoms with Crippen molar-refractivity contribution in [1.29, 1.82) is 0 Å². The molecular weight excluding hydrogens is 773 g/mol. The van der Waals surface area contributed by atoms with E-state index >= 15 is 0 Å². The van der Waals surface area contributed by atoms with Crippen LogP contribution in [0.4, 0.5) is 17.1 Å². The van der Waals surface area contributed by atoms with Gasteiger partial charge in [-0.15, -0.1) is 0 Å². The second kappa shape index (κ2) is 15.8. The fourth-order valence-electron chi connectivity index (χ4n) is 9.84. The van der Waals surface area contributed by atoms with Crippen LogP contribution in [-0.2, 0) is 0 Å². The van der Waals surface area contributed by atoms with Crippen LogP contribution in [0.25, 0.3) is 93.5 Å². The number of benzene rings is 11. The van der Waals surface area contributed by atoms with E-state index in [-0.39, 0.29) is 0 Å². The Labute approximate surface area is 373 Å². The van der Waals surface area contributed by atoms with E-state index in [4.69, 9.17) is 0 Å². The van der Waals surface area contributed by atoms with Crippen molar-refractivity contribution in [3.05, 3.63) is 255 Å². The van der Waals surface area contributed by atoms with E-state index in [1.54, 1.807) is 0 Å². The normalized spacial score (nSPS) is 11.4. The number of rotatable bonds is 8. The van der Waals surface area contributed by atoms with Crippen LogP contribution in [0.15, 0.2) is 255 Å². The Morgan fingerprint density at radius 3 is 1.66 bits per heavy atom. The molecule has 0 bridgehead atoms. The molecule has 1 heterocycles. The standard InChI is InChI=1S/C62H42N2/c1-3-17-44(18-4-1)54-31-15-21-46-22-16-32-58(62(46)54)56-29-10-11-33-59(56)63(50-38-35-45(36-39-50)53-30-14-20-43-19-7-8-27-52(43)53)51-26-13-23-47(41-51)48-37-40-57-55-28-9-12-34-60(55)64(61(57)42-48)49-24-5-2-6-25-49/h1-42H. The van der Waals surface area contributed by atoms with Crippen molar-refractivity contribution in [1.82, 2.24) is 4.57 Å². The van der Waals surface area contributed by atoms with Crippen molar-refractivity contribution >= 4 is 60.4 Å². The van der Waals surface area contributed by atoms with Gasteiger partial charge in [0.1, 0.15) is 0 Å². The Kier molecular flexibility index (Phi) is 9.20. The Morgan fingerprint density at radius 2 is 0.828 bits per heavy atom. The van der Waals surface area contributed by atoms with Gasteiger partial charge in [-0.25, -0.2) is 0 Å². The van der Waals surface area contributed by atoms with E-state index in [9.17, 15) is 0 Å². The fraction of sp³-hybridized carbons (Fsp3) is 0. The SMILES string of the molecule is c1ccc(-c2cccc3cccc(-c4ccccc4N(c4ccc(-c5cccc6ccccc56)cc4)c4cccc(-c5ccc6c7ccccc7n(-c7ccccc7)c6c5)c4)c23)cc1. The smallest absolute Gasteiger partial charge is 0.0547 e. The van der Waals surface area contributed by atoms with Crippen molar-refractivity contribution in [3.63, 3.8) is 0 Å². The van der Waals surface area contributed by atoms with Crippen molar-refractivity contribution < 1.29 is 0 Å². The average Bonchev–Trinajstić information content (AvgIpc) is 3.71. The molecule has 0 aliphatic rings. The number of aromatic nitrogens is 1. The summed E-state index contributed by atoms with van der Waals surface area (Å²) in [5.74, 6) is 0. The first-order valence-corrected chi connectivity index (χ1v) is 22.0. The molecule has 0 N–H and O–H groups in total. The topological polar surface area (TPSA) is 8.17 Å². The zero-order valence-corrected chi connectivity index (χ0v) is 35.1. The van der Waals surface area contributed by atoms with Gasteiger partial charge in [-0.3, -0.25) is 0 Å². The molecule has 64 heavy (non-hydrogen) atoms. The van der Waals surface area contributed by atoms with Gasteiger partial charge in [0, 0.05) is 33.4 Å². The number of hydrogen-bond donors (Lipinski definition) is 0. The number of fused-ring (bicyclic) bond motifs is 5. The van der Waals surface area contributed by atoms with Gasteiger partial charge in [-0.1, -0.05) is 200 Å². The van der Waals surface area contributed by atoms with E-state index in [2.05, 4.69) is 264 Å². The van der Waals surface area contributed by atoms with E-state index < -0.39 is 0 Å². The molecule has 0 saturated heterocycles. The summed E-state index contributed by atoms with van der Waals surface area (Å²) in [5.41, 5.74) is 16.3. The van der Waals surface area contributed by atoms with Crippen LogP contribution in [0.1, 0.15) is 0 Å². The Bertz CT molecular complexity index is 3650. The molecule has 0 aliphatic carbocycles. The molecule has 11 aromatic carbocycles. The van der Waals surface area contributed by atoms with Crippen molar-refractivity contribution in [2.45, 2.75) is 0 Å². The summed E-state index contributed by atoms with van der Waals surface area (Å²) in [6, 6.07) is 92.8. The highest BCUT2D eigenvalue weighted by atomic mass is 15.1. The summed E-state index contributed by atoms with van der Waals surface area (Å²) in [6.07, 6.45) is 0. The van der Waals surface area contributed by atoms with Crippen LogP contribution >= 0.6 is 0 Å². The van der Waals surface area contributed by atoms with Crippen molar-refractivity contribution in [2.24, 2.45) is 0 Å². The molecule has 2 nitrogen and oxygen atoms in total. The van der Waals surface area contributed by atoms with E-state index in [1.807, 2.05) is 0 Å². The molecule has 0 saturated carbocycles. The molecule has 2 heteroatoms. The monoisotopic (exact) mass is 814 g/mol. The largest absolute Gasteiger partial charge is 0.310 e. The zero-order chi connectivity index (χ0) is 42.4. The second-order valence-electron chi connectivity index (χ2n) is 16.5. The van der Waals surface area contributed by atoms with Gasteiger partial charge in [0.25, 0.3) is 0 Å². The van der Waals surface area contributed by atoms with Gasteiger partial charge < -0.3 is 9.47 Å². The second-order valence-corrected chi connectivity index (χ2v) is 16.5. The molecule has 1 aromatic heterocycles. The summed E-state index contributed by atoms with van der Waals surface area (Å²) in [7, 11) is 0. The molecule has 0 unspecified atom stereocenters. The molecule has 300 valence electrons. The van der Waals surface area contributed by atoms with E-state index in [0.717, 1.165) is 39.4 Å². The van der Waals surface area contributed by atoms with Crippen LogP contribution in [0.3, 0.4) is 0 Å². The van der Waals surface area contributed by atoms with E-state index in [1.165, 1.54) is 71.2 Å². The number of anilines is 3. The molecule has 0 amide bonds. The first-order chi connectivity index (χ1) is 31.8. The number of hydrogen-bond acceptors (Lipinski definition) is 1. The van der Waals surface area contributed by atoms with Crippen LogP contribution < -0.4 is 4.90 Å². The zero-order valence-electron chi connectivity index (χ0n) is 35.1. The Balaban J connectivity index is 1.05. The Morgan fingerprint density at radius 1 is 0.281 bits per heavy atom. The summed E-state index contributed by atoms with van der Waals surface area (Å²) in [5, 5.41) is 7.44. The number of para-hydroxylation sites is 3. The van der Waals surface area contributed by atoms with Crippen molar-refractivity contribution in [2.75, 3.05) is 4.90 Å². The lowest BCUT2D eigenvalue weighted by molar-refractivity contribution is 1.18. The molecule has 12 rings (SSSR count). The molecule has 0 spiro atoms. The lowest BCUT2D eigenvalue weighted by atomic mass is 9.90. The molecule has 0 radical (unpaired) electrons. The van der Waals surface area contributed by atoms with Crippen LogP contribution in [0.5, 0.6) is 0 Å². The first-order valence-electron chi connectivity index (χ1n) is 22.0. The van der Waals surface area contributed by atoms with Gasteiger partial charge >= 0.3 is 0 Å². The maximum atomic E-state index is 2.44. The third-order valence-corrected chi connectivity index (χ3v) is 12.8. The number of nitrogens with zero attached hydrogens (tertiary/aromatic N) is 2. The molecule has 12 aromatic rings. The minimum absolute atomic E-state index is 1.08. The van der Waals surface area contributed by atoms with E-state index in [0.29, 0.717) is 0 Å². The fourth-order valence-corrected chi connectivity index (χ4v) is 9.84. The minimum Gasteiger partial charge on any atom is -0.310 e. The van der Waals surface area contributed by atoms with Gasteiger partial charge in [0.05, 0.1) is 16.7 Å². The maximum absolute atomic E-state index is 2.44. The van der Waals surface area contributed by atoms with Crippen LogP contribution in [0, 0.1) is 0 Å². The third-order valence-electron chi connectivity index (χ3n) is 12.8. The van der Waals surface area contributed by atoms with Gasteiger partial charge in [-0.05, 0) is 115 Å². The predicted octanol–water partition coefficient (Wildman–Crippen LogP) is 17.2. The highest BCUT2D eigenvalue weighted by Crippen LogP contribution is 2.46. The van der Waals surface area contributed by atoms with Gasteiger partial charge in [-0.2, -0.15) is 0 Å². The lowest BCUT2D eigenvalue weighted by Crippen LogP contribution is -2.11. The highest BCUT2D eigenvalue weighted by molar-refractivity contribution is 6.11. The minimum atomic E-state index is 1.08. The molecule has 0 aliphatic heterocycles. The predicted molar refractivity (Wildman–Crippen MR) is 272 cm³/mol. The van der Waals surface area contributed by atoms with Crippen LogP contribution in [0.2, 0.25) is 0 Å². The summed E-state index contributed by atoms with van der Waals surface area (Å²) < 4.78 is 2.39. The summed E-state index contributed by atoms with van der Waals surface area (Å²) in [4.78, 5) is 2.44. The molecule has 0 atom stereocenters. The quantitative estimate of drug-likeness (QED) is 0.148. The van der Waals surface area contributed by atoms with Gasteiger partial charge in [0.15, 0.2) is 0 Å². The lowest BCUT2D eigenvalue weighted by Gasteiger charge is -2.29. The molecule has 0 fully saturated rings. The summed E-state index contributed by atoms with van der Waals surface area (Å²) >= 11 is 0. The third kappa shape index (κ3) is 6.44. The summed E-state index contributed by atoms with van der Waals surface area (Å²) in [6.45, 7) is 0. The first kappa shape index (κ1) is 37.3. The molecular formula is C62H42N2. The highest BCUT2D eigenvalue weighted by Gasteiger charge is 2.21. The van der Waals surface area contributed by atoms with Crippen LogP contribution in [-0.4, -0.2) is 4.57 Å². The Hall–Kier alpha value is -8.46.